The van der Waals surface area contributed by atoms with Crippen molar-refractivity contribution in [2.24, 2.45) is 0 Å². The Morgan fingerprint density at radius 2 is 1.90 bits per heavy atom. The lowest BCUT2D eigenvalue weighted by Gasteiger charge is -2.14. The Hall–Kier alpha value is -3.06. The maximum absolute atomic E-state index is 12.8. The van der Waals surface area contributed by atoms with Gasteiger partial charge in [0.1, 0.15) is 5.82 Å². The van der Waals surface area contributed by atoms with E-state index in [1.54, 1.807) is 4.90 Å². The number of thioether (sulfide) groups is 1. The van der Waals surface area contributed by atoms with Crippen molar-refractivity contribution < 1.29 is 9.59 Å². The molecule has 2 amide bonds. The summed E-state index contributed by atoms with van der Waals surface area (Å²) in [5, 5.41) is 5.17. The van der Waals surface area contributed by atoms with Crippen LogP contribution in [0.3, 0.4) is 0 Å². The molecule has 3 heterocycles. The van der Waals surface area contributed by atoms with Crippen molar-refractivity contribution in [3.8, 4) is 0 Å². The molecule has 146 valence electrons. The van der Waals surface area contributed by atoms with E-state index in [0.29, 0.717) is 13.1 Å². The highest BCUT2D eigenvalue weighted by atomic mass is 32.2. The molecular weight excluding hydrogens is 384 g/mol. The molecule has 0 aliphatic carbocycles. The van der Waals surface area contributed by atoms with Crippen LogP contribution in [0.5, 0.6) is 0 Å². The Kier molecular flexibility index (Phi) is 4.39. The number of carbonyl (C=O) groups excluding carboxylic acids is 2. The maximum Gasteiger partial charge on any atom is 0.281 e. The minimum absolute atomic E-state index is 0.0604. The summed E-state index contributed by atoms with van der Waals surface area (Å²) in [4.78, 5) is 31.1. The van der Waals surface area contributed by atoms with Crippen LogP contribution in [0.15, 0.2) is 48.5 Å². The Balaban J connectivity index is 1.60. The highest BCUT2D eigenvalue weighted by molar-refractivity contribution is 8.13. The number of hydrogen-bond acceptors (Lipinski definition) is 4. The number of aromatic nitrogens is 2. The molecule has 6 nitrogen and oxygen atoms in total. The first-order valence-corrected chi connectivity index (χ1v) is 10.6. The molecule has 0 saturated carbocycles. The lowest BCUT2D eigenvalue weighted by atomic mass is 10.1. The summed E-state index contributed by atoms with van der Waals surface area (Å²) in [6.45, 7) is 3.14. The molecule has 0 bridgehead atoms. The number of fused-ring (bicyclic) bond motifs is 5. The van der Waals surface area contributed by atoms with Gasteiger partial charge in [0.05, 0.1) is 22.2 Å². The summed E-state index contributed by atoms with van der Waals surface area (Å²) in [5.41, 5.74) is 3.67. The fourth-order valence-electron chi connectivity index (χ4n) is 4.02. The van der Waals surface area contributed by atoms with E-state index in [1.165, 1.54) is 11.8 Å². The van der Waals surface area contributed by atoms with Crippen LogP contribution in [-0.2, 0) is 4.79 Å². The number of hydrogen-bond donors (Lipinski definition) is 1. The predicted octanol–water partition coefficient (Wildman–Crippen LogP) is 4.45. The third kappa shape index (κ3) is 3.02. The van der Waals surface area contributed by atoms with Crippen molar-refractivity contribution in [3.05, 3.63) is 54.4 Å². The lowest BCUT2D eigenvalue weighted by Crippen LogP contribution is -2.27. The van der Waals surface area contributed by atoms with Gasteiger partial charge in [-0.3, -0.25) is 14.0 Å². The van der Waals surface area contributed by atoms with Crippen molar-refractivity contribution in [3.63, 3.8) is 0 Å². The van der Waals surface area contributed by atoms with E-state index in [-0.39, 0.29) is 17.6 Å². The summed E-state index contributed by atoms with van der Waals surface area (Å²) >= 11 is 1.31. The van der Waals surface area contributed by atoms with Gasteiger partial charge < -0.3 is 10.2 Å². The molecule has 0 spiro atoms. The van der Waals surface area contributed by atoms with Gasteiger partial charge >= 0.3 is 0 Å². The molecule has 2 aromatic carbocycles. The number of nitrogens with one attached hydrogen (secondary N) is 1. The summed E-state index contributed by atoms with van der Waals surface area (Å²) in [6, 6.07) is 16.0. The molecular formula is C22H20N4O2S. The van der Waals surface area contributed by atoms with Gasteiger partial charge in [-0.15, -0.1) is 0 Å². The summed E-state index contributed by atoms with van der Waals surface area (Å²) in [5.74, 6) is 1.58. The fourth-order valence-corrected chi connectivity index (χ4v) is 4.87. The van der Waals surface area contributed by atoms with E-state index in [4.69, 9.17) is 4.98 Å². The van der Waals surface area contributed by atoms with Gasteiger partial charge in [0.15, 0.2) is 0 Å². The zero-order chi connectivity index (χ0) is 20.0. The Morgan fingerprint density at radius 1 is 1.14 bits per heavy atom. The van der Waals surface area contributed by atoms with Gasteiger partial charge in [-0.1, -0.05) is 48.2 Å². The average Bonchev–Trinajstić information content (AvgIpc) is 3.28. The molecule has 0 radical (unpaired) electrons. The molecule has 5 rings (SSSR count). The standard InChI is InChI=1S/C22H20N4O2S/c1-14-23-17-8-4-2-6-15(17)21-20(16-7-3-5-9-18(16)26(14)21)24-19(27)10-11-25-12-13-29-22(25)28/h2-9H,10-13H2,1H3,(H,24,27). The van der Waals surface area contributed by atoms with Gasteiger partial charge in [-0.2, -0.15) is 0 Å². The van der Waals surface area contributed by atoms with E-state index in [1.807, 2.05) is 55.5 Å². The van der Waals surface area contributed by atoms with Crippen LogP contribution in [0.1, 0.15) is 12.2 Å². The number of carbonyl (C=O) groups is 2. The molecule has 1 fully saturated rings. The molecule has 7 heteroatoms. The summed E-state index contributed by atoms with van der Waals surface area (Å²) < 4.78 is 2.11. The normalized spacial score (nSPS) is 14.4. The number of aryl methyl sites for hydroxylation is 1. The highest BCUT2D eigenvalue weighted by Crippen LogP contribution is 2.36. The first-order valence-electron chi connectivity index (χ1n) is 9.63. The van der Waals surface area contributed by atoms with Crippen LogP contribution in [0, 0.1) is 6.92 Å². The van der Waals surface area contributed by atoms with Crippen LogP contribution in [0.25, 0.3) is 27.3 Å². The molecule has 1 aliphatic heterocycles. The topological polar surface area (TPSA) is 66.7 Å². The molecule has 0 atom stereocenters. The third-order valence-corrected chi connectivity index (χ3v) is 6.25. The number of amides is 2. The van der Waals surface area contributed by atoms with E-state index in [0.717, 1.165) is 44.6 Å². The zero-order valence-corrected chi connectivity index (χ0v) is 16.8. The van der Waals surface area contributed by atoms with E-state index in [2.05, 4.69) is 9.72 Å². The van der Waals surface area contributed by atoms with Crippen LogP contribution in [0.4, 0.5) is 10.5 Å². The highest BCUT2D eigenvalue weighted by Gasteiger charge is 2.22. The van der Waals surface area contributed by atoms with Crippen molar-refractivity contribution >= 4 is 55.9 Å². The lowest BCUT2D eigenvalue weighted by molar-refractivity contribution is -0.116. The molecule has 1 saturated heterocycles. The molecule has 0 unspecified atom stereocenters. The number of rotatable bonds is 4. The first-order chi connectivity index (χ1) is 14.1. The predicted molar refractivity (Wildman–Crippen MR) is 118 cm³/mol. The summed E-state index contributed by atoms with van der Waals surface area (Å²) in [7, 11) is 0. The third-order valence-electron chi connectivity index (χ3n) is 5.36. The van der Waals surface area contributed by atoms with E-state index in [9.17, 15) is 9.59 Å². The van der Waals surface area contributed by atoms with Gasteiger partial charge in [0.25, 0.3) is 5.24 Å². The van der Waals surface area contributed by atoms with Crippen LogP contribution >= 0.6 is 11.8 Å². The average molecular weight is 404 g/mol. The molecule has 4 aromatic rings. The smallest absolute Gasteiger partial charge is 0.281 e. The maximum atomic E-state index is 12.8. The van der Waals surface area contributed by atoms with E-state index >= 15 is 0 Å². The number of nitrogens with zero attached hydrogens (tertiary/aromatic N) is 3. The van der Waals surface area contributed by atoms with Crippen molar-refractivity contribution in [2.45, 2.75) is 13.3 Å². The van der Waals surface area contributed by atoms with Gasteiger partial charge in [0, 0.05) is 36.0 Å². The SMILES string of the molecule is Cc1nc2ccccc2c2c(NC(=O)CCN3CCSC3=O)c3ccccc3n12. The Labute approximate surface area is 171 Å². The van der Waals surface area contributed by atoms with E-state index < -0.39 is 0 Å². The monoisotopic (exact) mass is 404 g/mol. The van der Waals surface area contributed by atoms with Gasteiger partial charge in [-0.05, 0) is 19.1 Å². The molecule has 2 aromatic heterocycles. The first kappa shape index (κ1) is 18.0. The second-order valence-electron chi connectivity index (χ2n) is 7.15. The second kappa shape index (κ2) is 7.08. The molecule has 1 aliphatic rings. The number of anilines is 1. The fraction of sp³-hybridized carbons (Fsp3) is 0.227. The van der Waals surface area contributed by atoms with Crippen LogP contribution in [0.2, 0.25) is 0 Å². The van der Waals surface area contributed by atoms with Crippen LogP contribution in [-0.4, -0.2) is 44.3 Å². The Morgan fingerprint density at radius 3 is 2.69 bits per heavy atom. The zero-order valence-electron chi connectivity index (χ0n) is 16.0. The largest absolute Gasteiger partial charge is 0.332 e. The molecule has 1 N–H and O–H groups in total. The number of para-hydroxylation sites is 2. The molecule has 29 heavy (non-hydrogen) atoms. The summed E-state index contributed by atoms with van der Waals surface area (Å²) in [6.07, 6.45) is 0.278. The van der Waals surface area contributed by atoms with Crippen molar-refractivity contribution in [1.82, 2.24) is 14.3 Å². The van der Waals surface area contributed by atoms with Crippen molar-refractivity contribution in [1.29, 1.82) is 0 Å². The van der Waals surface area contributed by atoms with Crippen LogP contribution < -0.4 is 5.32 Å². The minimum atomic E-state index is -0.0912. The quantitative estimate of drug-likeness (QED) is 0.546. The second-order valence-corrected chi connectivity index (χ2v) is 8.20. The van der Waals surface area contributed by atoms with Gasteiger partial charge in [0.2, 0.25) is 5.91 Å². The Bertz CT molecular complexity index is 1280. The van der Waals surface area contributed by atoms with Crippen molar-refractivity contribution in [2.75, 3.05) is 24.2 Å². The minimum Gasteiger partial charge on any atom is -0.332 e. The number of benzene rings is 2. The van der Waals surface area contributed by atoms with Gasteiger partial charge in [-0.25, -0.2) is 4.98 Å².